The van der Waals surface area contributed by atoms with Gasteiger partial charge in [-0.3, -0.25) is 0 Å². The zero-order valence-electron chi connectivity index (χ0n) is 15.6. The zero-order chi connectivity index (χ0) is 19.6. The van der Waals surface area contributed by atoms with Crippen LogP contribution in [0.5, 0.6) is 11.8 Å². The van der Waals surface area contributed by atoms with Gasteiger partial charge in [-0.2, -0.15) is 15.0 Å². The molecule has 0 unspecified atom stereocenters. The average Bonchev–Trinajstić information content (AvgIpc) is 3.21. The Bertz CT molecular complexity index is 1280. The molecule has 0 fully saturated rings. The first-order chi connectivity index (χ1) is 14.3. The molecule has 6 heteroatoms. The Morgan fingerprint density at radius 2 is 1.48 bits per heavy atom. The molecule has 0 atom stereocenters. The maximum Gasteiger partial charge on any atom is 0.323 e. The second-order valence-corrected chi connectivity index (χ2v) is 6.50. The van der Waals surface area contributed by atoms with E-state index in [2.05, 4.69) is 20.1 Å². The highest BCUT2D eigenvalue weighted by atomic mass is 16.5. The summed E-state index contributed by atoms with van der Waals surface area (Å²) in [6.45, 7) is 1.76. The molecule has 0 spiro atoms. The lowest BCUT2D eigenvalue weighted by Gasteiger charge is -2.10. The molecule has 2 heterocycles. The van der Waals surface area contributed by atoms with E-state index in [-0.39, 0.29) is 0 Å². The van der Waals surface area contributed by atoms with Crippen molar-refractivity contribution in [3.05, 3.63) is 84.8 Å². The highest BCUT2D eigenvalue weighted by Crippen LogP contribution is 2.30. The summed E-state index contributed by atoms with van der Waals surface area (Å²) in [6.07, 6.45) is 0. The number of para-hydroxylation sites is 1. The lowest BCUT2D eigenvalue weighted by molar-refractivity contribution is 0.394. The van der Waals surface area contributed by atoms with E-state index in [4.69, 9.17) is 9.26 Å². The molecular formula is C23H16N4O2. The number of aromatic nitrogens is 4. The van der Waals surface area contributed by atoms with Gasteiger partial charge in [-0.15, -0.1) is 0 Å². The largest absolute Gasteiger partial charge is 0.424 e. The van der Waals surface area contributed by atoms with Crippen LogP contribution >= 0.6 is 0 Å². The van der Waals surface area contributed by atoms with Crippen molar-refractivity contribution < 1.29 is 9.26 Å². The Hall–Kier alpha value is -4.06. The van der Waals surface area contributed by atoms with Gasteiger partial charge in [-0.25, -0.2) is 0 Å². The van der Waals surface area contributed by atoms with Gasteiger partial charge in [0.2, 0.25) is 11.7 Å². The molecule has 0 N–H and O–H groups in total. The van der Waals surface area contributed by atoms with Crippen LogP contribution in [0.3, 0.4) is 0 Å². The number of nitrogens with zero attached hydrogens (tertiary/aromatic N) is 4. The van der Waals surface area contributed by atoms with Crippen LogP contribution in [0.2, 0.25) is 0 Å². The van der Waals surface area contributed by atoms with Crippen molar-refractivity contribution in [3.8, 4) is 34.4 Å². The van der Waals surface area contributed by atoms with Crippen molar-refractivity contribution in [1.29, 1.82) is 0 Å². The smallest absolute Gasteiger partial charge is 0.323 e. The Morgan fingerprint density at radius 1 is 0.724 bits per heavy atom. The zero-order valence-corrected chi connectivity index (χ0v) is 15.6. The predicted molar refractivity (Wildman–Crippen MR) is 110 cm³/mol. The Kier molecular flexibility index (Phi) is 4.22. The molecule has 140 valence electrons. The SMILES string of the molecule is Cc1nc(-c2ccc(Oc3nc(-c4ccccc4)c4ccccc4n3)cc2)no1. The molecule has 6 nitrogen and oxygen atoms in total. The van der Waals surface area contributed by atoms with Gasteiger partial charge in [-0.05, 0) is 30.3 Å². The third-order valence-electron chi connectivity index (χ3n) is 4.48. The van der Waals surface area contributed by atoms with Crippen LogP contribution < -0.4 is 4.74 Å². The van der Waals surface area contributed by atoms with E-state index in [1.807, 2.05) is 78.9 Å². The molecular weight excluding hydrogens is 364 g/mol. The number of fused-ring (bicyclic) bond motifs is 1. The predicted octanol–water partition coefficient (Wildman–Crippen LogP) is 5.45. The first-order valence-corrected chi connectivity index (χ1v) is 9.17. The van der Waals surface area contributed by atoms with Crippen molar-refractivity contribution >= 4 is 10.9 Å². The second-order valence-electron chi connectivity index (χ2n) is 6.50. The normalized spacial score (nSPS) is 10.9. The fourth-order valence-electron chi connectivity index (χ4n) is 3.11. The van der Waals surface area contributed by atoms with Gasteiger partial charge in [0.15, 0.2) is 0 Å². The topological polar surface area (TPSA) is 73.9 Å². The number of hydrogen-bond donors (Lipinski definition) is 0. The molecule has 2 aromatic heterocycles. The molecule has 5 aromatic rings. The van der Waals surface area contributed by atoms with Crippen molar-refractivity contribution in [2.45, 2.75) is 6.92 Å². The van der Waals surface area contributed by atoms with Gasteiger partial charge < -0.3 is 9.26 Å². The standard InChI is InChI=1S/C23H16N4O2/c1-15-24-22(27-29-15)17-11-13-18(14-12-17)28-23-25-20-10-6-5-9-19(20)21(26-23)16-7-3-2-4-8-16/h2-14H,1H3. The van der Waals surface area contributed by atoms with Crippen molar-refractivity contribution in [3.63, 3.8) is 0 Å². The van der Waals surface area contributed by atoms with Crippen LogP contribution in [-0.2, 0) is 0 Å². The number of hydrogen-bond acceptors (Lipinski definition) is 6. The molecule has 0 amide bonds. The number of ether oxygens (including phenoxy) is 1. The molecule has 0 aliphatic carbocycles. The van der Waals surface area contributed by atoms with E-state index in [1.54, 1.807) is 6.92 Å². The lowest BCUT2D eigenvalue weighted by Crippen LogP contribution is -1.96. The summed E-state index contributed by atoms with van der Waals surface area (Å²) in [7, 11) is 0. The molecule has 0 aliphatic rings. The molecule has 0 aliphatic heterocycles. The van der Waals surface area contributed by atoms with Crippen LogP contribution in [0, 0.1) is 6.92 Å². The molecule has 3 aromatic carbocycles. The lowest BCUT2D eigenvalue weighted by atomic mass is 10.1. The average molecular weight is 380 g/mol. The first kappa shape index (κ1) is 17.1. The van der Waals surface area contributed by atoms with E-state index in [9.17, 15) is 0 Å². The number of benzene rings is 3. The van der Waals surface area contributed by atoms with Crippen molar-refractivity contribution in [1.82, 2.24) is 20.1 Å². The van der Waals surface area contributed by atoms with Gasteiger partial charge in [0.1, 0.15) is 5.75 Å². The monoisotopic (exact) mass is 380 g/mol. The minimum Gasteiger partial charge on any atom is -0.424 e. The molecule has 0 radical (unpaired) electrons. The van der Waals surface area contributed by atoms with E-state index in [0.29, 0.717) is 23.5 Å². The first-order valence-electron chi connectivity index (χ1n) is 9.17. The van der Waals surface area contributed by atoms with E-state index in [1.165, 1.54) is 0 Å². The summed E-state index contributed by atoms with van der Waals surface area (Å²) >= 11 is 0. The minimum atomic E-state index is 0.297. The van der Waals surface area contributed by atoms with Crippen molar-refractivity contribution in [2.24, 2.45) is 0 Å². The molecule has 0 bridgehead atoms. The molecule has 0 saturated heterocycles. The molecule has 29 heavy (non-hydrogen) atoms. The fourth-order valence-corrected chi connectivity index (χ4v) is 3.11. The van der Waals surface area contributed by atoms with Gasteiger partial charge >= 0.3 is 6.01 Å². The van der Waals surface area contributed by atoms with Gasteiger partial charge in [0, 0.05) is 23.4 Å². The Morgan fingerprint density at radius 3 is 2.24 bits per heavy atom. The quantitative estimate of drug-likeness (QED) is 0.413. The molecule has 0 saturated carbocycles. The third kappa shape index (κ3) is 3.43. The Balaban J connectivity index is 1.51. The van der Waals surface area contributed by atoms with Crippen molar-refractivity contribution in [2.75, 3.05) is 0 Å². The summed E-state index contributed by atoms with van der Waals surface area (Å²) in [5.74, 6) is 1.70. The maximum absolute atomic E-state index is 5.96. The minimum absolute atomic E-state index is 0.297. The van der Waals surface area contributed by atoms with Gasteiger partial charge in [0.25, 0.3) is 0 Å². The highest BCUT2D eigenvalue weighted by molar-refractivity contribution is 5.92. The molecule has 5 rings (SSSR count). The second kappa shape index (κ2) is 7.16. The van der Waals surface area contributed by atoms with Crippen LogP contribution in [0.4, 0.5) is 0 Å². The third-order valence-corrected chi connectivity index (χ3v) is 4.48. The maximum atomic E-state index is 5.96. The number of rotatable bonds is 4. The Labute approximate surface area is 166 Å². The summed E-state index contributed by atoms with van der Waals surface area (Å²) in [5.41, 5.74) is 3.53. The van der Waals surface area contributed by atoms with Crippen LogP contribution in [-0.4, -0.2) is 20.1 Å². The fraction of sp³-hybridized carbons (Fsp3) is 0.0435. The van der Waals surface area contributed by atoms with Crippen LogP contribution in [0.15, 0.2) is 83.4 Å². The highest BCUT2D eigenvalue weighted by Gasteiger charge is 2.12. The van der Waals surface area contributed by atoms with E-state index < -0.39 is 0 Å². The summed E-state index contributed by atoms with van der Waals surface area (Å²) in [4.78, 5) is 13.5. The summed E-state index contributed by atoms with van der Waals surface area (Å²) in [5, 5.41) is 4.91. The van der Waals surface area contributed by atoms with Gasteiger partial charge in [-0.1, -0.05) is 53.7 Å². The number of aryl methyl sites for hydroxylation is 1. The van der Waals surface area contributed by atoms with Crippen LogP contribution in [0.1, 0.15) is 5.89 Å². The summed E-state index contributed by atoms with van der Waals surface area (Å²) < 4.78 is 11.0. The van der Waals surface area contributed by atoms with E-state index in [0.717, 1.165) is 27.7 Å². The summed E-state index contributed by atoms with van der Waals surface area (Å²) in [6, 6.07) is 25.6. The van der Waals surface area contributed by atoms with Gasteiger partial charge in [0.05, 0.1) is 11.2 Å². The van der Waals surface area contributed by atoms with Crippen LogP contribution in [0.25, 0.3) is 33.5 Å². The van der Waals surface area contributed by atoms with E-state index >= 15 is 0 Å².